The van der Waals surface area contributed by atoms with E-state index in [2.05, 4.69) is 26.1 Å². The van der Waals surface area contributed by atoms with E-state index in [4.69, 9.17) is 0 Å². The molecule has 0 unspecified atom stereocenters. The van der Waals surface area contributed by atoms with Gasteiger partial charge in [0.1, 0.15) is 0 Å². The molecule has 1 aromatic carbocycles. The molecule has 1 aliphatic rings. The molecule has 0 aliphatic heterocycles. The van der Waals surface area contributed by atoms with Gasteiger partial charge in [-0.1, -0.05) is 39.0 Å². The largest absolute Gasteiger partial charge is 0.388 e. The Morgan fingerprint density at radius 3 is 2.47 bits per heavy atom. The average molecular weight is 261 g/mol. The summed E-state index contributed by atoms with van der Waals surface area (Å²) in [4.78, 5) is 12.3. The predicted octanol–water partition coefficient (Wildman–Crippen LogP) is 2.63. The molecule has 104 valence electrons. The van der Waals surface area contributed by atoms with Crippen LogP contribution in [0, 0.1) is 0 Å². The first kappa shape index (κ1) is 14.1. The van der Waals surface area contributed by atoms with Crippen LogP contribution in [0.5, 0.6) is 0 Å². The van der Waals surface area contributed by atoms with Crippen molar-refractivity contribution in [2.75, 3.05) is 6.54 Å². The van der Waals surface area contributed by atoms with Crippen LogP contribution >= 0.6 is 0 Å². The van der Waals surface area contributed by atoms with E-state index in [0.29, 0.717) is 12.1 Å². The number of hydrogen-bond acceptors (Lipinski definition) is 2. The van der Waals surface area contributed by atoms with E-state index < -0.39 is 5.60 Å². The SMILES string of the molecule is CC(C)(C)c1ccccc1C(=O)NCC1(O)CCC1. The molecule has 1 fully saturated rings. The van der Waals surface area contributed by atoms with Gasteiger partial charge in [0, 0.05) is 12.1 Å². The number of carbonyl (C=O) groups is 1. The maximum Gasteiger partial charge on any atom is 0.251 e. The van der Waals surface area contributed by atoms with Crippen molar-refractivity contribution in [3.63, 3.8) is 0 Å². The van der Waals surface area contributed by atoms with Crippen LogP contribution in [0.3, 0.4) is 0 Å². The third kappa shape index (κ3) is 3.16. The Kier molecular flexibility index (Phi) is 3.68. The summed E-state index contributed by atoms with van der Waals surface area (Å²) in [5.74, 6) is -0.0918. The lowest BCUT2D eigenvalue weighted by atomic mass is 9.80. The lowest BCUT2D eigenvalue weighted by Crippen LogP contribution is -2.48. The van der Waals surface area contributed by atoms with Gasteiger partial charge >= 0.3 is 0 Å². The molecule has 19 heavy (non-hydrogen) atoms. The Hall–Kier alpha value is -1.35. The van der Waals surface area contributed by atoms with Crippen molar-refractivity contribution in [3.8, 4) is 0 Å². The molecule has 0 radical (unpaired) electrons. The van der Waals surface area contributed by atoms with E-state index in [0.717, 1.165) is 24.8 Å². The third-order valence-corrected chi connectivity index (χ3v) is 3.84. The zero-order chi connectivity index (χ0) is 14.1. The number of benzene rings is 1. The van der Waals surface area contributed by atoms with Gasteiger partial charge in [-0.25, -0.2) is 0 Å². The van der Waals surface area contributed by atoms with Gasteiger partial charge in [0.15, 0.2) is 0 Å². The number of nitrogens with one attached hydrogen (secondary N) is 1. The normalized spacial score (nSPS) is 17.7. The average Bonchev–Trinajstić information content (AvgIpc) is 2.32. The maximum absolute atomic E-state index is 12.3. The third-order valence-electron chi connectivity index (χ3n) is 3.84. The highest BCUT2D eigenvalue weighted by Gasteiger charge is 2.34. The second-order valence-electron chi connectivity index (χ2n) is 6.56. The monoisotopic (exact) mass is 261 g/mol. The summed E-state index contributed by atoms with van der Waals surface area (Å²) >= 11 is 0. The first-order valence-corrected chi connectivity index (χ1v) is 6.92. The van der Waals surface area contributed by atoms with E-state index >= 15 is 0 Å². The van der Waals surface area contributed by atoms with Gasteiger partial charge in [-0.05, 0) is 36.3 Å². The molecule has 1 aliphatic carbocycles. The number of hydrogen-bond donors (Lipinski definition) is 2. The summed E-state index contributed by atoms with van der Waals surface area (Å²) < 4.78 is 0. The lowest BCUT2D eigenvalue weighted by molar-refractivity contribution is -0.0300. The standard InChI is InChI=1S/C16H23NO2/c1-15(2,3)13-8-5-4-7-12(13)14(18)17-11-16(19)9-6-10-16/h4-5,7-8,19H,6,9-11H2,1-3H3,(H,17,18). The highest BCUT2D eigenvalue weighted by Crippen LogP contribution is 2.31. The fourth-order valence-electron chi connectivity index (χ4n) is 2.44. The summed E-state index contributed by atoms with van der Waals surface area (Å²) in [5.41, 5.74) is 0.999. The molecule has 0 spiro atoms. The topological polar surface area (TPSA) is 49.3 Å². The van der Waals surface area contributed by atoms with Gasteiger partial charge in [-0.15, -0.1) is 0 Å². The fourth-order valence-corrected chi connectivity index (χ4v) is 2.44. The second kappa shape index (κ2) is 4.97. The van der Waals surface area contributed by atoms with Crippen LogP contribution in [0.2, 0.25) is 0 Å². The Morgan fingerprint density at radius 2 is 1.95 bits per heavy atom. The first-order valence-electron chi connectivity index (χ1n) is 6.92. The summed E-state index contributed by atoms with van der Waals surface area (Å²) in [5, 5.41) is 12.9. The van der Waals surface area contributed by atoms with Crippen molar-refractivity contribution < 1.29 is 9.90 Å². The van der Waals surface area contributed by atoms with Gasteiger partial charge in [0.05, 0.1) is 5.60 Å². The van der Waals surface area contributed by atoms with Crippen molar-refractivity contribution in [3.05, 3.63) is 35.4 Å². The minimum Gasteiger partial charge on any atom is -0.388 e. The highest BCUT2D eigenvalue weighted by atomic mass is 16.3. The quantitative estimate of drug-likeness (QED) is 0.878. The van der Waals surface area contributed by atoms with Crippen LogP contribution in [0.25, 0.3) is 0 Å². The smallest absolute Gasteiger partial charge is 0.251 e. The van der Waals surface area contributed by atoms with Crippen LogP contribution in [-0.2, 0) is 5.41 Å². The second-order valence-corrected chi connectivity index (χ2v) is 6.56. The molecule has 0 heterocycles. The van der Waals surface area contributed by atoms with Crippen molar-refractivity contribution in [1.82, 2.24) is 5.32 Å². The molecule has 0 atom stereocenters. The number of aliphatic hydroxyl groups is 1. The lowest BCUT2D eigenvalue weighted by Gasteiger charge is -2.36. The summed E-state index contributed by atoms with van der Waals surface area (Å²) in [6.07, 6.45) is 2.62. The van der Waals surface area contributed by atoms with E-state index in [1.165, 1.54) is 0 Å². The Balaban J connectivity index is 2.11. The minimum atomic E-state index is -0.674. The molecule has 1 saturated carbocycles. The van der Waals surface area contributed by atoms with E-state index in [1.54, 1.807) is 0 Å². The molecule has 0 saturated heterocycles. The number of rotatable bonds is 3. The predicted molar refractivity (Wildman–Crippen MR) is 76.3 cm³/mol. The zero-order valence-corrected chi connectivity index (χ0v) is 12.0. The van der Waals surface area contributed by atoms with Crippen molar-refractivity contribution in [2.24, 2.45) is 0 Å². The van der Waals surface area contributed by atoms with Gasteiger partial charge in [0.25, 0.3) is 5.91 Å². The molecule has 3 nitrogen and oxygen atoms in total. The molecular weight excluding hydrogens is 238 g/mol. The van der Waals surface area contributed by atoms with Gasteiger partial charge in [-0.3, -0.25) is 4.79 Å². The highest BCUT2D eigenvalue weighted by molar-refractivity contribution is 5.96. The van der Waals surface area contributed by atoms with Crippen LogP contribution < -0.4 is 5.32 Å². The Bertz CT molecular complexity index is 470. The minimum absolute atomic E-state index is 0.0682. The zero-order valence-electron chi connectivity index (χ0n) is 12.0. The maximum atomic E-state index is 12.3. The molecule has 0 bridgehead atoms. The van der Waals surface area contributed by atoms with Crippen molar-refractivity contribution in [2.45, 2.75) is 51.0 Å². The van der Waals surface area contributed by atoms with Crippen molar-refractivity contribution in [1.29, 1.82) is 0 Å². The first-order chi connectivity index (χ1) is 8.82. The van der Waals surface area contributed by atoms with E-state index in [9.17, 15) is 9.90 Å². The molecule has 2 N–H and O–H groups in total. The molecular formula is C16H23NO2. The number of amides is 1. The summed E-state index contributed by atoms with van der Waals surface area (Å²) in [7, 11) is 0. The molecule has 3 heteroatoms. The number of carbonyl (C=O) groups excluding carboxylic acids is 1. The fraction of sp³-hybridized carbons (Fsp3) is 0.562. The van der Waals surface area contributed by atoms with Gasteiger partial charge in [-0.2, -0.15) is 0 Å². The molecule has 2 rings (SSSR count). The van der Waals surface area contributed by atoms with Crippen LogP contribution in [0.1, 0.15) is 56.0 Å². The molecule has 1 aromatic rings. The van der Waals surface area contributed by atoms with Gasteiger partial charge in [0.2, 0.25) is 0 Å². The van der Waals surface area contributed by atoms with Crippen molar-refractivity contribution >= 4 is 5.91 Å². The summed E-state index contributed by atoms with van der Waals surface area (Å²) in [6.45, 7) is 6.64. The van der Waals surface area contributed by atoms with Gasteiger partial charge < -0.3 is 10.4 Å². The van der Waals surface area contributed by atoms with E-state index in [-0.39, 0.29) is 11.3 Å². The Labute approximate surface area is 115 Å². The Morgan fingerprint density at radius 1 is 1.32 bits per heavy atom. The summed E-state index contributed by atoms with van der Waals surface area (Å²) in [6, 6.07) is 7.67. The van der Waals surface area contributed by atoms with Crippen LogP contribution in [0.15, 0.2) is 24.3 Å². The molecule has 0 aromatic heterocycles. The van der Waals surface area contributed by atoms with E-state index in [1.807, 2.05) is 24.3 Å². The molecule has 1 amide bonds. The van der Waals surface area contributed by atoms with Crippen LogP contribution in [0.4, 0.5) is 0 Å². The van der Waals surface area contributed by atoms with Crippen LogP contribution in [-0.4, -0.2) is 23.2 Å².